The van der Waals surface area contributed by atoms with E-state index in [4.69, 9.17) is 4.74 Å². The summed E-state index contributed by atoms with van der Waals surface area (Å²) in [5, 5.41) is 5.97. The number of hydrogen-bond acceptors (Lipinski definition) is 11. The van der Waals surface area contributed by atoms with Crippen LogP contribution in [0, 0.1) is 20.8 Å². The number of aromatic nitrogens is 4. The lowest BCUT2D eigenvalue weighted by atomic mass is 10.0. The van der Waals surface area contributed by atoms with E-state index in [2.05, 4.69) is 56.3 Å². The van der Waals surface area contributed by atoms with E-state index in [0.29, 0.717) is 31.9 Å². The van der Waals surface area contributed by atoms with E-state index in [1.807, 2.05) is 6.20 Å². The number of rotatable bonds is 8. The first-order valence-corrected chi connectivity index (χ1v) is 16.3. The number of aryl methyl sites for hydroxylation is 3. The molecule has 0 radical (unpaired) electrons. The van der Waals surface area contributed by atoms with Crippen LogP contribution in [0.4, 0.5) is 15.7 Å². The van der Waals surface area contributed by atoms with Gasteiger partial charge in [-0.1, -0.05) is 11.3 Å². The lowest BCUT2D eigenvalue weighted by Gasteiger charge is -2.35. The molecule has 41 heavy (non-hydrogen) atoms. The zero-order valence-corrected chi connectivity index (χ0v) is 26.3. The highest BCUT2D eigenvalue weighted by molar-refractivity contribution is 7.91. The molecule has 5 heterocycles. The number of thiazole rings is 1. The fourth-order valence-electron chi connectivity index (χ4n) is 5.10. The largest absolute Gasteiger partial charge is 0.452 e. The van der Waals surface area contributed by atoms with Gasteiger partial charge in [0.05, 0.1) is 23.0 Å². The zero-order chi connectivity index (χ0) is 29.5. The Morgan fingerprint density at radius 1 is 1.22 bits per heavy atom. The standard InChI is InChI=1S/C26H34N8O4S3/c1-15-11-27-17(3)20(15)19-13-39-22-21(19)28-14-29-23(22)30-16(2)12-33-7-9-34(10-8-33)41(36,37)24-18(4)31-25(40-24)32(5)26(35)38-6/h11,13-14,16,27H,7-10,12H2,1-6H3,(H,28,29,30)/t16-/m0/s1. The van der Waals surface area contributed by atoms with E-state index in [1.165, 1.54) is 34.5 Å². The average molecular weight is 619 g/mol. The number of nitrogens with one attached hydrogen (secondary N) is 2. The van der Waals surface area contributed by atoms with Crippen LogP contribution in [-0.2, 0) is 14.8 Å². The molecule has 1 fully saturated rings. The Morgan fingerprint density at radius 3 is 2.61 bits per heavy atom. The SMILES string of the molecule is COC(=O)N(C)c1nc(C)c(S(=O)(=O)N2CCN(C[C@H](C)Nc3ncnc4c(-c5c(C)c[nH]c5C)csc34)CC2)s1. The number of hydrogen-bond donors (Lipinski definition) is 2. The molecule has 1 atom stereocenters. The summed E-state index contributed by atoms with van der Waals surface area (Å²) in [6.45, 7) is 10.6. The minimum Gasteiger partial charge on any atom is -0.452 e. The van der Waals surface area contributed by atoms with Crippen LogP contribution in [0.25, 0.3) is 21.3 Å². The van der Waals surface area contributed by atoms with Gasteiger partial charge in [0.25, 0.3) is 10.0 Å². The number of H-pyrrole nitrogens is 1. The van der Waals surface area contributed by atoms with Crippen LogP contribution in [0.2, 0.25) is 0 Å². The molecule has 0 spiro atoms. The second-order valence-electron chi connectivity index (χ2n) is 10.2. The summed E-state index contributed by atoms with van der Waals surface area (Å²) in [7, 11) is -0.963. The number of fused-ring (bicyclic) bond motifs is 1. The molecule has 0 bridgehead atoms. The summed E-state index contributed by atoms with van der Waals surface area (Å²) >= 11 is 2.61. The maximum Gasteiger partial charge on any atom is 0.415 e. The lowest BCUT2D eigenvalue weighted by molar-refractivity contribution is 0.180. The van der Waals surface area contributed by atoms with E-state index >= 15 is 0 Å². The van der Waals surface area contributed by atoms with Crippen molar-refractivity contribution in [1.82, 2.24) is 29.1 Å². The summed E-state index contributed by atoms with van der Waals surface area (Å²) in [5.41, 5.74) is 5.90. The predicted octanol–water partition coefficient (Wildman–Crippen LogP) is 4.08. The normalized spacial score (nSPS) is 15.8. The van der Waals surface area contributed by atoms with Crippen LogP contribution in [0.15, 0.2) is 22.1 Å². The Kier molecular flexibility index (Phi) is 8.34. The van der Waals surface area contributed by atoms with Gasteiger partial charge in [0.1, 0.15) is 12.1 Å². The minimum absolute atomic E-state index is 0.0812. The van der Waals surface area contributed by atoms with Gasteiger partial charge in [-0.2, -0.15) is 4.31 Å². The number of anilines is 2. The molecule has 5 rings (SSSR count). The fourth-order valence-corrected chi connectivity index (χ4v) is 9.08. The number of ether oxygens (including phenoxy) is 1. The first kappa shape index (κ1) is 29.4. The van der Waals surface area contributed by atoms with Crippen molar-refractivity contribution in [2.45, 2.75) is 37.9 Å². The van der Waals surface area contributed by atoms with Crippen molar-refractivity contribution in [3.8, 4) is 11.1 Å². The van der Waals surface area contributed by atoms with E-state index in [-0.39, 0.29) is 15.4 Å². The summed E-state index contributed by atoms with van der Waals surface area (Å²) in [4.78, 5) is 32.0. The molecule has 15 heteroatoms. The highest BCUT2D eigenvalue weighted by atomic mass is 32.2. The first-order valence-electron chi connectivity index (χ1n) is 13.2. The monoisotopic (exact) mass is 618 g/mol. The van der Waals surface area contributed by atoms with Gasteiger partial charge < -0.3 is 15.0 Å². The molecular formula is C26H34N8O4S3. The van der Waals surface area contributed by atoms with Crippen molar-refractivity contribution >= 4 is 60.0 Å². The van der Waals surface area contributed by atoms with Crippen LogP contribution >= 0.6 is 22.7 Å². The number of nitrogens with zero attached hydrogens (tertiary/aromatic N) is 6. The summed E-state index contributed by atoms with van der Waals surface area (Å²) in [6, 6.07) is 0.0812. The topological polar surface area (TPSA) is 137 Å². The maximum atomic E-state index is 13.4. The van der Waals surface area contributed by atoms with Gasteiger partial charge in [0, 0.05) is 74.2 Å². The molecule has 1 aliphatic heterocycles. The predicted molar refractivity (Wildman–Crippen MR) is 163 cm³/mol. The second kappa shape index (κ2) is 11.6. The van der Waals surface area contributed by atoms with Gasteiger partial charge in [0.15, 0.2) is 9.34 Å². The molecule has 1 saturated heterocycles. The van der Waals surface area contributed by atoms with Gasteiger partial charge in [-0.25, -0.2) is 28.2 Å². The molecule has 220 valence electrons. The smallest absolute Gasteiger partial charge is 0.415 e. The van der Waals surface area contributed by atoms with E-state index in [0.717, 1.165) is 45.2 Å². The second-order valence-corrected chi connectivity index (χ2v) is 14.2. The Hall–Kier alpha value is -3.11. The summed E-state index contributed by atoms with van der Waals surface area (Å²) < 4.78 is 34.2. The van der Waals surface area contributed by atoms with Crippen molar-refractivity contribution < 1.29 is 17.9 Å². The van der Waals surface area contributed by atoms with Gasteiger partial charge >= 0.3 is 6.09 Å². The number of sulfonamides is 1. The number of thiophene rings is 1. The summed E-state index contributed by atoms with van der Waals surface area (Å²) in [5.74, 6) is 0.805. The number of piperazine rings is 1. The van der Waals surface area contributed by atoms with Crippen molar-refractivity contribution in [2.24, 2.45) is 0 Å². The molecule has 1 aliphatic rings. The molecule has 0 aromatic carbocycles. The van der Waals surface area contributed by atoms with Crippen LogP contribution in [0.3, 0.4) is 0 Å². The average Bonchev–Trinajstić information content (AvgIpc) is 3.65. The van der Waals surface area contributed by atoms with Crippen molar-refractivity contribution in [1.29, 1.82) is 0 Å². The molecule has 2 N–H and O–H groups in total. The quantitative estimate of drug-likeness (QED) is 0.299. The number of carbonyl (C=O) groups is 1. The number of methoxy groups -OCH3 is 1. The van der Waals surface area contributed by atoms with Crippen LogP contribution in [0.1, 0.15) is 23.9 Å². The lowest BCUT2D eigenvalue weighted by Crippen LogP contribution is -2.50. The van der Waals surface area contributed by atoms with Crippen molar-refractivity contribution in [3.63, 3.8) is 0 Å². The molecule has 12 nitrogen and oxygen atoms in total. The van der Waals surface area contributed by atoms with Gasteiger partial charge in [0.2, 0.25) is 0 Å². The van der Waals surface area contributed by atoms with E-state index < -0.39 is 16.1 Å². The molecule has 4 aromatic heterocycles. The maximum absolute atomic E-state index is 13.4. The number of carbonyl (C=O) groups excluding carboxylic acids is 1. The minimum atomic E-state index is -3.73. The highest BCUT2D eigenvalue weighted by Gasteiger charge is 2.33. The third kappa shape index (κ3) is 5.68. The van der Waals surface area contributed by atoms with Crippen molar-refractivity contribution in [3.05, 3.63) is 34.9 Å². The van der Waals surface area contributed by atoms with E-state index in [1.54, 1.807) is 24.6 Å². The zero-order valence-electron chi connectivity index (χ0n) is 23.9. The Morgan fingerprint density at radius 2 is 1.95 bits per heavy atom. The van der Waals surface area contributed by atoms with Crippen LogP contribution < -0.4 is 10.2 Å². The fraction of sp³-hybridized carbons (Fsp3) is 0.462. The van der Waals surface area contributed by atoms with Gasteiger partial charge in [-0.05, 0) is 33.3 Å². The molecule has 1 amide bonds. The Bertz CT molecular complexity index is 1650. The third-order valence-electron chi connectivity index (χ3n) is 7.20. The molecule has 4 aromatic rings. The van der Waals surface area contributed by atoms with Crippen LogP contribution in [-0.4, -0.2) is 96.6 Å². The summed E-state index contributed by atoms with van der Waals surface area (Å²) in [6.07, 6.45) is 3.01. The Balaban J connectivity index is 1.22. The molecule has 0 aliphatic carbocycles. The molecule has 0 unspecified atom stereocenters. The molecule has 0 saturated carbocycles. The van der Waals surface area contributed by atoms with E-state index in [9.17, 15) is 13.2 Å². The molecular weight excluding hydrogens is 585 g/mol. The number of aromatic amines is 1. The number of amides is 1. The van der Waals surface area contributed by atoms with Crippen LogP contribution in [0.5, 0.6) is 0 Å². The van der Waals surface area contributed by atoms with Gasteiger partial charge in [-0.3, -0.25) is 9.80 Å². The van der Waals surface area contributed by atoms with Crippen molar-refractivity contribution in [2.75, 3.05) is 57.1 Å². The third-order valence-corrected chi connectivity index (χ3v) is 11.9. The highest BCUT2D eigenvalue weighted by Crippen LogP contribution is 2.38. The first-order chi connectivity index (χ1) is 19.5. The Labute approximate surface area is 247 Å². The van der Waals surface area contributed by atoms with Gasteiger partial charge in [-0.15, -0.1) is 11.3 Å².